The van der Waals surface area contributed by atoms with Gasteiger partial charge in [-0.1, -0.05) is 20.3 Å². The van der Waals surface area contributed by atoms with Crippen LogP contribution in [0, 0.1) is 5.92 Å². The van der Waals surface area contributed by atoms with Gasteiger partial charge in [-0.05, 0) is 12.8 Å². The second-order valence-corrected chi connectivity index (χ2v) is 2.89. The second kappa shape index (κ2) is 7.10. The SMILES string of the molecule is CCCOC(=O)C(CN)CCC. The Balaban J connectivity index is 3.69. The summed E-state index contributed by atoms with van der Waals surface area (Å²) in [4.78, 5) is 11.2. The lowest BCUT2D eigenvalue weighted by Crippen LogP contribution is -2.25. The molecule has 1 atom stereocenters. The lowest BCUT2D eigenvalue weighted by Gasteiger charge is -2.11. The predicted octanol–water partition coefficient (Wildman–Crippen LogP) is 1.31. The Morgan fingerprint density at radius 3 is 2.50 bits per heavy atom. The van der Waals surface area contributed by atoms with Crippen molar-refractivity contribution in [2.45, 2.75) is 33.1 Å². The third kappa shape index (κ3) is 4.34. The topological polar surface area (TPSA) is 52.3 Å². The lowest BCUT2D eigenvalue weighted by atomic mass is 10.0. The maximum Gasteiger partial charge on any atom is 0.310 e. The monoisotopic (exact) mass is 173 g/mol. The number of nitrogens with two attached hydrogens (primary N) is 1. The molecule has 0 spiro atoms. The molecule has 72 valence electrons. The van der Waals surface area contributed by atoms with Crippen molar-refractivity contribution in [2.24, 2.45) is 11.7 Å². The van der Waals surface area contributed by atoms with E-state index >= 15 is 0 Å². The summed E-state index contributed by atoms with van der Waals surface area (Å²) in [6, 6.07) is 0. The Bertz CT molecular complexity index is 126. The van der Waals surface area contributed by atoms with Crippen molar-refractivity contribution < 1.29 is 9.53 Å². The first-order chi connectivity index (χ1) is 5.76. The zero-order valence-corrected chi connectivity index (χ0v) is 8.01. The first kappa shape index (κ1) is 11.4. The summed E-state index contributed by atoms with van der Waals surface area (Å²) in [5, 5.41) is 0. The van der Waals surface area contributed by atoms with E-state index in [1.54, 1.807) is 0 Å². The standard InChI is InChI=1S/C9H19NO2/c1-3-5-8(7-10)9(11)12-6-4-2/h8H,3-7,10H2,1-2H3. The molecule has 0 radical (unpaired) electrons. The molecule has 3 heteroatoms. The van der Waals surface area contributed by atoms with Gasteiger partial charge in [-0.15, -0.1) is 0 Å². The number of hydrogen-bond donors (Lipinski definition) is 1. The van der Waals surface area contributed by atoms with E-state index in [0.29, 0.717) is 13.2 Å². The largest absolute Gasteiger partial charge is 0.465 e. The van der Waals surface area contributed by atoms with Crippen LogP contribution in [-0.2, 0) is 9.53 Å². The molecule has 0 heterocycles. The van der Waals surface area contributed by atoms with E-state index in [-0.39, 0.29) is 11.9 Å². The van der Waals surface area contributed by atoms with Crippen LogP contribution in [0.5, 0.6) is 0 Å². The molecule has 0 aromatic rings. The normalized spacial score (nSPS) is 12.6. The molecule has 0 aliphatic heterocycles. The maximum atomic E-state index is 11.2. The minimum Gasteiger partial charge on any atom is -0.465 e. The van der Waals surface area contributed by atoms with Crippen LogP contribution in [0.3, 0.4) is 0 Å². The molecule has 0 fully saturated rings. The van der Waals surface area contributed by atoms with Gasteiger partial charge in [-0.2, -0.15) is 0 Å². The fraction of sp³-hybridized carbons (Fsp3) is 0.889. The molecule has 0 aliphatic carbocycles. The zero-order valence-electron chi connectivity index (χ0n) is 8.01. The van der Waals surface area contributed by atoms with Crippen LogP contribution >= 0.6 is 0 Å². The molecule has 0 saturated heterocycles. The van der Waals surface area contributed by atoms with E-state index in [9.17, 15) is 4.79 Å². The van der Waals surface area contributed by atoms with Crippen LogP contribution in [0.15, 0.2) is 0 Å². The molecule has 1 unspecified atom stereocenters. The van der Waals surface area contributed by atoms with Crippen molar-refractivity contribution in [3.05, 3.63) is 0 Å². The molecular formula is C9H19NO2. The molecular weight excluding hydrogens is 154 g/mol. The van der Waals surface area contributed by atoms with E-state index < -0.39 is 0 Å². The summed E-state index contributed by atoms with van der Waals surface area (Å²) in [5.74, 6) is -0.234. The highest BCUT2D eigenvalue weighted by Crippen LogP contribution is 2.06. The quantitative estimate of drug-likeness (QED) is 0.616. The van der Waals surface area contributed by atoms with Gasteiger partial charge in [0.05, 0.1) is 12.5 Å². The Morgan fingerprint density at radius 1 is 1.42 bits per heavy atom. The van der Waals surface area contributed by atoms with Gasteiger partial charge in [0.25, 0.3) is 0 Å². The zero-order chi connectivity index (χ0) is 9.40. The Hall–Kier alpha value is -0.570. The van der Waals surface area contributed by atoms with Crippen LogP contribution < -0.4 is 5.73 Å². The predicted molar refractivity (Wildman–Crippen MR) is 48.7 cm³/mol. The van der Waals surface area contributed by atoms with Crippen LogP contribution in [-0.4, -0.2) is 19.1 Å². The van der Waals surface area contributed by atoms with Crippen molar-refractivity contribution in [3.8, 4) is 0 Å². The van der Waals surface area contributed by atoms with Crippen LogP contribution in [0.2, 0.25) is 0 Å². The number of ether oxygens (including phenoxy) is 1. The fourth-order valence-electron chi connectivity index (χ4n) is 1.00. The molecule has 12 heavy (non-hydrogen) atoms. The highest BCUT2D eigenvalue weighted by Gasteiger charge is 2.16. The summed E-state index contributed by atoms with van der Waals surface area (Å²) in [6.07, 6.45) is 2.68. The van der Waals surface area contributed by atoms with Crippen molar-refractivity contribution in [3.63, 3.8) is 0 Å². The van der Waals surface area contributed by atoms with Crippen molar-refractivity contribution in [1.82, 2.24) is 0 Å². The maximum absolute atomic E-state index is 11.2. The highest BCUT2D eigenvalue weighted by molar-refractivity contribution is 5.72. The van der Waals surface area contributed by atoms with Crippen LogP contribution in [0.4, 0.5) is 0 Å². The molecule has 0 bridgehead atoms. The highest BCUT2D eigenvalue weighted by atomic mass is 16.5. The van der Waals surface area contributed by atoms with Crippen molar-refractivity contribution in [1.29, 1.82) is 0 Å². The number of rotatable bonds is 6. The Morgan fingerprint density at radius 2 is 2.08 bits per heavy atom. The van der Waals surface area contributed by atoms with Gasteiger partial charge in [-0.3, -0.25) is 4.79 Å². The Kier molecular flexibility index (Phi) is 6.76. The van der Waals surface area contributed by atoms with Gasteiger partial charge in [0.15, 0.2) is 0 Å². The van der Waals surface area contributed by atoms with Gasteiger partial charge in [0.2, 0.25) is 0 Å². The second-order valence-electron chi connectivity index (χ2n) is 2.89. The molecule has 0 aromatic carbocycles. The smallest absolute Gasteiger partial charge is 0.310 e. The van der Waals surface area contributed by atoms with Crippen molar-refractivity contribution >= 4 is 5.97 Å². The summed E-state index contributed by atoms with van der Waals surface area (Å²) < 4.78 is 4.98. The molecule has 0 amide bonds. The fourth-order valence-corrected chi connectivity index (χ4v) is 1.00. The number of esters is 1. The summed E-state index contributed by atoms with van der Waals surface area (Å²) >= 11 is 0. The molecule has 3 nitrogen and oxygen atoms in total. The average Bonchev–Trinajstić information content (AvgIpc) is 2.10. The third-order valence-corrected chi connectivity index (χ3v) is 1.70. The average molecular weight is 173 g/mol. The molecule has 2 N–H and O–H groups in total. The number of carbonyl (C=O) groups excluding carboxylic acids is 1. The minimum atomic E-state index is -0.138. The number of hydrogen-bond acceptors (Lipinski definition) is 3. The third-order valence-electron chi connectivity index (χ3n) is 1.70. The Labute approximate surface area is 74.3 Å². The van der Waals surface area contributed by atoms with Crippen molar-refractivity contribution in [2.75, 3.05) is 13.2 Å². The van der Waals surface area contributed by atoms with E-state index in [4.69, 9.17) is 10.5 Å². The molecule has 0 aliphatic rings. The van der Waals surface area contributed by atoms with E-state index in [1.165, 1.54) is 0 Å². The first-order valence-electron chi connectivity index (χ1n) is 4.62. The van der Waals surface area contributed by atoms with E-state index in [1.807, 2.05) is 13.8 Å². The first-order valence-corrected chi connectivity index (χ1v) is 4.62. The summed E-state index contributed by atoms with van der Waals surface area (Å²) in [6.45, 7) is 4.93. The summed E-state index contributed by atoms with van der Waals surface area (Å²) in [5.41, 5.74) is 5.43. The van der Waals surface area contributed by atoms with Crippen LogP contribution in [0.25, 0.3) is 0 Å². The van der Waals surface area contributed by atoms with E-state index in [0.717, 1.165) is 19.3 Å². The van der Waals surface area contributed by atoms with E-state index in [2.05, 4.69) is 0 Å². The van der Waals surface area contributed by atoms with Gasteiger partial charge >= 0.3 is 5.97 Å². The van der Waals surface area contributed by atoms with Crippen LogP contribution in [0.1, 0.15) is 33.1 Å². The molecule has 0 rings (SSSR count). The molecule has 0 aromatic heterocycles. The summed E-state index contributed by atoms with van der Waals surface area (Å²) in [7, 11) is 0. The number of carbonyl (C=O) groups is 1. The minimum absolute atomic E-state index is 0.0958. The molecule has 0 saturated carbocycles. The van der Waals surface area contributed by atoms with Gasteiger partial charge in [0, 0.05) is 6.54 Å². The van der Waals surface area contributed by atoms with Gasteiger partial charge in [-0.25, -0.2) is 0 Å². The van der Waals surface area contributed by atoms with Gasteiger partial charge < -0.3 is 10.5 Å². The van der Waals surface area contributed by atoms with Gasteiger partial charge in [0.1, 0.15) is 0 Å². The lowest BCUT2D eigenvalue weighted by molar-refractivity contribution is -0.148.